The molecule has 0 bridgehead atoms. The Morgan fingerprint density at radius 1 is 1.14 bits per heavy atom. The van der Waals surface area contributed by atoms with E-state index in [0.29, 0.717) is 18.1 Å². The fourth-order valence-electron chi connectivity index (χ4n) is 2.09. The molecule has 2 aromatic rings. The highest BCUT2D eigenvalue weighted by atomic mass is 127. The first-order chi connectivity index (χ1) is 13.0. The van der Waals surface area contributed by atoms with Crippen molar-refractivity contribution in [2.24, 2.45) is 4.99 Å². The summed E-state index contributed by atoms with van der Waals surface area (Å²) >= 11 is 1.72. The van der Waals surface area contributed by atoms with Crippen LogP contribution in [0.15, 0.2) is 58.5 Å². The summed E-state index contributed by atoms with van der Waals surface area (Å²) in [6.45, 7) is -0.447. The van der Waals surface area contributed by atoms with Crippen LogP contribution in [-0.4, -0.2) is 43.1 Å². The van der Waals surface area contributed by atoms with Gasteiger partial charge in [0.25, 0.3) is 0 Å². The maximum atomic E-state index is 12.3. The van der Waals surface area contributed by atoms with Gasteiger partial charge in [-0.25, -0.2) is 4.98 Å². The van der Waals surface area contributed by atoms with Gasteiger partial charge in [0, 0.05) is 42.5 Å². The molecule has 2 rings (SSSR count). The molecule has 0 aliphatic carbocycles. The van der Waals surface area contributed by atoms with Crippen molar-refractivity contribution in [1.29, 1.82) is 0 Å². The number of thioether (sulfide) groups is 1. The summed E-state index contributed by atoms with van der Waals surface area (Å²) in [5.74, 6) is 1.35. The largest absolute Gasteiger partial charge is 0.468 e. The molecule has 0 unspecified atom stereocenters. The lowest BCUT2D eigenvalue weighted by Gasteiger charge is -2.14. The van der Waals surface area contributed by atoms with E-state index in [1.165, 1.54) is 11.1 Å². The lowest BCUT2D eigenvalue weighted by molar-refractivity contribution is -0.154. The van der Waals surface area contributed by atoms with E-state index in [2.05, 4.69) is 20.6 Å². The van der Waals surface area contributed by atoms with Gasteiger partial charge < -0.3 is 15.4 Å². The van der Waals surface area contributed by atoms with Gasteiger partial charge in [0.05, 0.1) is 0 Å². The van der Waals surface area contributed by atoms with Crippen LogP contribution in [0.1, 0.15) is 5.56 Å². The van der Waals surface area contributed by atoms with Gasteiger partial charge in [0.1, 0.15) is 0 Å². The molecule has 10 heteroatoms. The summed E-state index contributed by atoms with van der Waals surface area (Å²) in [7, 11) is 1.63. The summed E-state index contributed by atoms with van der Waals surface area (Å²) in [6.07, 6.45) is -3.01. The van der Waals surface area contributed by atoms with Crippen LogP contribution in [0.3, 0.4) is 0 Å². The molecule has 0 aliphatic rings. The van der Waals surface area contributed by atoms with Crippen molar-refractivity contribution in [2.45, 2.75) is 17.6 Å². The summed E-state index contributed by atoms with van der Waals surface area (Å²) in [6, 6.07) is 13.3. The maximum absolute atomic E-state index is 12.3. The Bertz CT molecular complexity index is 732. The molecule has 1 aromatic carbocycles. The third kappa shape index (κ3) is 9.49. The minimum atomic E-state index is -4.41. The number of guanidine groups is 1. The average Bonchev–Trinajstić information content (AvgIpc) is 2.66. The van der Waals surface area contributed by atoms with Crippen LogP contribution in [0.5, 0.6) is 5.88 Å². The maximum Gasteiger partial charge on any atom is 0.422 e. The summed E-state index contributed by atoms with van der Waals surface area (Å²) in [5.41, 5.74) is 0.517. The van der Waals surface area contributed by atoms with Crippen molar-refractivity contribution in [3.8, 4) is 5.88 Å². The van der Waals surface area contributed by atoms with Crippen molar-refractivity contribution in [3.63, 3.8) is 0 Å². The number of hydrogen-bond donors (Lipinski definition) is 2. The SMILES string of the molecule is CN=C(NCCSc1ccccc1)NCc1cccnc1OCC(F)(F)F.I. The van der Waals surface area contributed by atoms with Crippen LogP contribution < -0.4 is 15.4 Å². The molecule has 5 nitrogen and oxygen atoms in total. The van der Waals surface area contributed by atoms with Gasteiger partial charge in [-0.05, 0) is 18.2 Å². The van der Waals surface area contributed by atoms with Crippen LogP contribution >= 0.6 is 35.7 Å². The zero-order valence-corrected chi connectivity index (χ0v) is 18.3. The van der Waals surface area contributed by atoms with Crippen molar-refractivity contribution in [2.75, 3.05) is 26.0 Å². The summed E-state index contributed by atoms with van der Waals surface area (Å²) in [5, 5.41) is 6.21. The zero-order chi connectivity index (χ0) is 19.5. The molecule has 0 saturated carbocycles. The first-order valence-corrected chi connectivity index (χ1v) is 9.22. The van der Waals surface area contributed by atoms with Gasteiger partial charge >= 0.3 is 6.18 Å². The highest BCUT2D eigenvalue weighted by molar-refractivity contribution is 14.0. The number of halogens is 4. The number of pyridine rings is 1. The zero-order valence-electron chi connectivity index (χ0n) is 15.2. The van der Waals surface area contributed by atoms with Crippen LogP contribution in [0, 0.1) is 0 Å². The molecule has 0 aliphatic heterocycles. The van der Waals surface area contributed by atoms with E-state index in [4.69, 9.17) is 4.74 Å². The average molecular weight is 526 g/mol. The fraction of sp³-hybridized carbons (Fsp3) is 0.333. The van der Waals surface area contributed by atoms with E-state index >= 15 is 0 Å². The molecule has 2 N–H and O–H groups in total. The fourth-order valence-corrected chi connectivity index (χ4v) is 2.88. The highest BCUT2D eigenvalue weighted by Crippen LogP contribution is 2.20. The Morgan fingerprint density at radius 2 is 1.89 bits per heavy atom. The molecular weight excluding hydrogens is 504 g/mol. The van der Waals surface area contributed by atoms with E-state index in [1.54, 1.807) is 30.9 Å². The second kappa shape index (κ2) is 12.7. The number of ether oxygens (including phenoxy) is 1. The van der Waals surface area contributed by atoms with Gasteiger partial charge in [-0.1, -0.05) is 24.3 Å². The molecule has 28 heavy (non-hydrogen) atoms. The molecule has 0 amide bonds. The second-order valence-electron chi connectivity index (χ2n) is 5.39. The molecule has 0 radical (unpaired) electrons. The van der Waals surface area contributed by atoms with Crippen molar-refractivity contribution in [1.82, 2.24) is 15.6 Å². The smallest absolute Gasteiger partial charge is 0.422 e. The molecule has 1 aromatic heterocycles. The van der Waals surface area contributed by atoms with Crippen molar-refractivity contribution >= 4 is 41.7 Å². The third-order valence-electron chi connectivity index (χ3n) is 3.30. The van der Waals surface area contributed by atoms with Gasteiger partial charge in [0.2, 0.25) is 5.88 Å². The van der Waals surface area contributed by atoms with Crippen molar-refractivity contribution in [3.05, 3.63) is 54.2 Å². The number of rotatable bonds is 8. The molecule has 0 fully saturated rings. The van der Waals surface area contributed by atoms with Gasteiger partial charge in [0.15, 0.2) is 12.6 Å². The Balaban J connectivity index is 0.00000392. The number of alkyl halides is 3. The summed E-state index contributed by atoms with van der Waals surface area (Å²) < 4.78 is 41.8. The normalized spacial score (nSPS) is 11.5. The van der Waals surface area contributed by atoms with Crippen LogP contribution in [0.25, 0.3) is 0 Å². The van der Waals surface area contributed by atoms with E-state index in [-0.39, 0.29) is 36.4 Å². The van der Waals surface area contributed by atoms with E-state index in [0.717, 1.165) is 5.75 Å². The van der Waals surface area contributed by atoms with Crippen LogP contribution in [0.4, 0.5) is 13.2 Å². The number of nitrogens with zero attached hydrogens (tertiary/aromatic N) is 2. The Kier molecular flexibility index (Phi) is 11.0. The Hall–Kier alpha value is -1.69. The van der Waals surface area contributed by atoms with Gasteiger partial charge in [-0.2, -0.15) is 13.2 Å². The van der Waals surface area contributed by atoms with Gasteiger partial charge in [-0.3, -0.25) is 4.99 Å². The number of hydrogen-bond acceptors (Lipinski definition) is 4. The quantitative estimate of drug-likeness (QED) is 0.179. The third-order valence-corrected chi connectivity index (χ3v) is 4.31. The molecular formula is C18H22F3IN4OS. The Morgan fingerprint density at radius 3 is 2.57 bits per heavy atom. The lowest BCUT2D eigenvalue weighted by Crippen LogP contribution is -2.38. The number of aromatic nitrogens is 1. The van der Waals surface area contributed by atoms with E-state index in [1.807, 2.05) is 30.3 Å². The summed E-state index contributed by atoms with van der Waals surface area (Å²) in [4.78, 5) is 9.16. The molecule has 1 heterocycles. The Labute approximate surface area is 183 Å². The number of nitrogens with one attached hydrogen (secondary N) is 2. The number of benzene rings is 1. The molecule has 154 valence electrons. The monoisotopic (exact) mass is 526 g/mol. The standard InChI is InChI=1S/C18H21F3N4OS.HI/c1-22-17(24-10-11-27-15-7-3-2-4-8-15)25-12-14-6-5-9-23-16(14)26-13-18(19,20)21;/h2-9H,10-13H2,1H3,(H2,22,24,25);1H. The van der Waals surface area contributed by atoms with Crippen LogP contribution in [0.2, 0.25) is 0 Å². The van der Waals surface area contributed by atoms with Crippen molar-refractivity contribution < 1.29 is 17.9 Å². The number of aliphatic imine (C=N–C) groups is 1. The topological polar surface area (TPSA) is 58.5 Å². The lowest BCUT2D eigenvalue weighted by atomic mass is 10.2. The minimum absolute atomic E-state index is 0. The van der Waals surface area contributed by atoms with Gasteiger partial charge in [-0.15, -0.1) is 35.7 Å². The second-order valence-corrected chi connectivity index (χ2v) is 6.55. The predicted molar refractivity (Wildman–Crippen MR) is 117 cm³/mol. The van der Waals surface area contributed by atoms with E-state index in [9.17, 15) is 13.2 Å². The minimum Gasteiger partial charge on any atom is -0.468 e. The first-order valence-electron chi connectivity index (χ1n) is 8.24. The molecule has 0 atom stereocenters. The van der Waals surface area contributed by atoms with E-state index < -0.39 is 12.8 Å². The molecule has 0 spiro atoms. The highest BCUT2D eigenvalue weighted by Gasteiger charge is 2.29. The first kappa shape index (κ1) is 24.3. The van der Waals surface area contributed by atoms with Crippen LogP contribution in [-0.2, 0) is 6.54 Å². The predicted octanol–water partition coefficient (Wildman–Crippen LogP) is 4.10. The molecule has 0 saturated heterocycles.